The predicted molar refractivity (Wildman–Crippen MR) is 50.2 cm³/mol. The summed E-state index contributed by atoms with van der Waals surface area (Å²) in [5.74, 6) is 0. The molecule has 0 heterocycles. The van der Waals surface area contributed by atoms with Crippen molar-refractivity contribution >= 4 is 0 Å². The van der Waals surface area contributed by atoms with E-state index in [0.717, 1.165) is 12.8 Å². The molecule has 0 rings (SSSR count). The Balaban J connectivity index is -0.000000107. The van der Waals surface area contributed by atoms with Crippen LogP contribution in [-0.4, -0.2) is 0 Å². The molecule has 0 aromatic rings. The Labute approximate surface area is 87.3 Å². The van der Waals surface area contributed by atoms with Crippen LogP contribution < -0.4 is 0 Å². The van der Waals surface area contributed by atoms with Crippen LogP contribution in [0.3, 0.4) is 0 Å². The number of rotatable bonds is 4. The molecule has 1 heteroatoms. The maximum atomic E-state index is 3.55. The molecule has 0 aliphatic carbocycles. The number of hydrogen-bond donors (Lipinski definition) is 0. The molecule has 0 unspecified atom stereocenters. The van der Waals surface area contributed by atoms with Gasteiger partial charge in [-0.25, -0.2) is 0 Å². The summed E-state index contributed by atoms with van der Waals surface area (Å²) in [5, 5.41) is 0. The van der Waals surface area contributed by atoms with E-state index >= 15 is 0 Å². The molecule has 0 saturated heterocycles. The Bertz CT molecular complexity index is 57.3. The third-order valence-electron chi connectivity index (χ3n) is 0.986. The van der Waals surface area contributed by atoms with Gasteiger partial charge in [0, 0.05) is 22.4 Å². The van der Waals surface area contributed by atoms with Crippen molar-refractivity contribution in [1.29, 1.82) is 0 Å². The zero-order valence-electron chi connectivity index (χ0n) is 7.70. The molecule has 0 N–H and O–H groups in total. The minimum absolute atomic E-state index is 0. The van der Waals surface area contributed by atoms with Crippen LogP contribution >= 0.6 is 0 Å². The van der Waals surface area contributed by atoms with E-state index in [1.54, 1.807) is 0 Å². The van der Waals surface area contributed by atoms with E-state index < -0.39 is 0 Å². The largest absolute Gasteiger partial charge is 0.103 e. The molecule has 71 valence electrons. The third kappa shape index (κ3) is 38.8. The van der Waals surface area contributed by atoms with E-state index in [2.05, 4.69) is 27.0 Å². The summed E-state index contributed by atoms with van der Waals surface area (Å²) in [5.41, 5.74) is 0. The van der Waals surface area contributed by atoms with E-state index in [9.17, 15) is 0 Å². The van der Waals surface area contributed by atoms with Crippen molar-refractivity contribution in [3.05, 3.63) is 25.3 Å². The SMILES string of the molecule is C=CCCC.C=CCCC.[Au]. The molecular weight excluding hydrogens is 317 g/mol. The zero-order valence-corrected chi connectivity index (χ0v) is 9.87. The van der Waals surface area contributed by atoms with Gasteiger partial charge in [-0.05, 0) is 12.8 Å². The molecular formula is C10H20Au. The number of hydrogen-bond acceptors (Lipinski definition) is 0. The molecule has 0 bridgehead atoms. The molecule has 11 heavy (non-hydrogen) atoms. The van der Waals surface area contributed by atoms with E-state index in [1.807, 2.05) is 12.2 Å². The summed E-state index contributed by atoms with van der Waals surface area (Å²) in [6, 6.07) is 0. The van der Waals surface area contributed by atoms with Crippen LogP contribution in [0.1, 0.15) is 39.5 Å². The Morgan fingerprint density at radius 3 is 1.18 bits per heavy atom. The smallest absolute Gasteiger partial charge is 0 e. The fourth-order valence-electron chi connectivity index (χ4n) is 0.408. The van der Waals surface area contributed by atoms with Crippen molar-refractivity contribution in [2.45, 2.75) is 39.5 Å². The second-order valence-electron chi connectivity index (χ2n) is 2.15. The molecule has 0 spiro atoms. The standard InChI is InChI=1S/2C5H10.Au/c2*1-3-5-4-2;/h2*3H,1,4-5H2,2H3;. The Kier molecular flexibility index (Phi) is 35.4. The van der Waals surface area contributed by atoms with Crippen molar-refractivity contribution in [3.8, 4) is 0 Å². The van der Waals surface area contributed by atoms with Gasteiger partial charge in [-0.2, -0.15) is 0 Å². The van der Waals surface area contributed by atoms with Gasteiger partial charge in [-0.3, -0.25) is 0 Å². The summed E-state index contributed by atoms with van der Waals surface area (Å²) >= 11 is 0. The average Bonchev–Trinajstić information content (AvgIpc) is 1.93. The van der Waals surface area contributed by atoms with Gasteiger partial charge in [0.25, 0.3) is 0 Å². The summed E-state index contributed by atoms with van der Waals surface area (Å²) in [7, 11) is 0. The number of allylic oxidation sites excluding steroid dienone is 2. The summed E-state index contributed by atoms with van der Waals surface area (Å²) in [4.78, 5) is 0. The first-order valence-corrected chi connectivity index (χ1v) is 4.05. The average molecular weight is 337 g/mol. The molecule has 0 aliphatic heterocycles. The molecule has 0 nitrogen and oxygen atoms in total. The zero-order chi connectivity index (χ0) is 8.24. The molecule has 0 aromatic heterocycles. The van der Waals surface area contributed by atoms with Crippen LogP contribution in [0, 0.1) is 0 Å². The molecule has 1 radical (unpaired) electrons. The fraction of sp³-hybridized carbons (Fsp3) is 0.600. The van der Waals surface area contributed by atoms with Crippen molar-refractivity contribution in [2.24, 2.45) is 0 Å². The van der Waals surface area contributed by atoms with Crippen molar-refractivity contribution in [3.63, 3.8) is 0 Å². The molecule has 0 aliphatic rings. The molecule has 0 aromatic carbocycles. The van der Waals surface area contributed by atoms with Crippen molar-refractivity contribution < 1.29 is 22.4 Å². The topological polar surface area (TPSA) is 0 Å². The van der Waals surface area contributed by atoms with E-state index in [4.69, 9.17) is 0 Å². The first-order valence-electron chi connectivity index (χ1n) is 4.05. The second kappa shape index (κ2) is 22.5. The summed E-state index contributed by atoms with van der Waals surface area (Å²) in [6.45, 7) is 11.4. The van der Waals surface area contributed by atoms with E-state index in [-0.39, 0.29) is 22.4 Å². The van der Waals surface area contributed by atoms with Crippen LogP contribution in [0.15, 0.2) is 25.3 Å². The van der Waals surface area contributed by atoms with Gasteiger partial charge in [0.1, 0.15) is 0 Å². The minimum Gasteiger partial charge on any atom is -0.103 e. The van der Waals surface area contributed by atoms with Gasteiger partial charge in [0.05, 0.1) is 0 Å². The van der Waals surface area contributed by atoms with Gasteiger partial charge in [0.2, 0.25) is 0 Å². The molecule has 0 saturated carbocycles. The van der Waals surface area contributed by atoms with Crippen molar-refractivity contribution in [1.82, 2.24) is 0 Å². The van der Waals surface area contributed by atoms with Gasteiger partial charge in [-0.15, -0.1) is 13.2 Å². The minimum atomic E-state index is 0. The normalized spacial score (nSPS) is 6.73. The predicted octanol–water partition coefficient (Wildman–Crippen LogP) is 3.94. The maximum absolute atomic E-state index is 3.55. The van der Waals surface area contributed by atoms with Crippen molar-refractivity contribution in [2.75, 3.05) is 0 Å². The summed E-state index contributed by atoms with van der Waals surface area (Å²) < 4.78 is 0. The Morgan fingerprint density at radius 2 is 1.18 bits per heavy atom. The Morgan fingerprint density at radius 1 is 0.909 bits per heavy atom. The Hall–Kier alpha value is 0.220. The second-order valence-corrected chi connectivity index (χ2v) is 2.15. The first kappa shape index (κ1) is 17.3. The number of unbranched alkanes of at least 4 members (excludes halogenated alkanes) is 2. The van der Waals surface area contributed by atoms with Crippen LogP contribution in [0.25, 0.3) is 0 Å². The summed E-state index contributed by atoms with van der Waals surface area (Å²) in [6.07, 6.45) is 8.62. The fourth-order valence-corrected chi connectivity index (χ4v) is 0.408. The van der Waals surface area contributed by atoms with Gasteiger partial charge in [0.15, 0.2) is 0 Å². The van der Waals surface area contributed by atoms with Crippen LogP contribution in [0.2, 0.25) is 0 Å². The van der Waals surface area contributed by atoms with E-state index in [1.165, 1.54) is 12.8 Å². The van der Waals surface area contributed by atoms with Crippen LogP contribution in [0.4, 0.5) is 0 Å². The monoisotopic (exact) mass is 337 g/mol. The molecule has 0 atom stereocenters. The van der Waals surface area contributed by atoms with E-state index in [0.29, 0.717) is 0 Å². The quantitative estimate of drug-likeness (QED) is 0.538. The van der Waals surface area contributed by atoms with Gasteiger partial charge >= 0.3 is 0 Å². The van der Waals surface area contributed by atoms with Crippen LogP contribution in [-0.2, 0) is 22.4 Å². The third-order valence-corrected chi connectivity index (χ3v) is 0.986. The van der Waals surface area contributed by atoms with Gasteiger partial charge < -0.3 is 0 Å². The van der Waals surface area contributed by atoms with Crippen LogP contribution in [0.5, 0.6) is 0 Å². The molecule has 0 amide bonds. The molecule has 0 fully saturated rings. The van der Waals surface area contributed by atoms with Gasteiger partial charge in [-0.1, -0.05) is 38.8 Å². The first-order chi connectivity index (χ1) is 4.83. The maximum Gasteiger partial charge on any atom is 0 e.